The van der Waals surface area contributed by atoms with Crippen LogP contribution in [0.5, 0.6) is 0 Å². The second-order valence-electron chi connectivity index (χ2n) is 6.05. The van der Waals surface area contributed by atoms with Crippen LogP contribution in [0.25, 0.3) is 0 Å². The summed E-state index contributed by atoms with van der Waals surface area (Å²) in [6, 6.07) is 10.3. The third-order valence-electron chi connectivity index (χ3n) is 4.01. The molecule has 6 heteroatoms. The Kier molecular flexibility index (Phi) is 4.39. The van der Waals surface area contributed by atoms with E-state index >= 15 is 0 Å². The van der Waals surface area contributed by atoms with E-state index in [0.29, 0.717) is 22.3 Å². The van der Waals surface area contributed by atoms with Crippen LogP contribution >= 0.6 is 11.6 Å². The molecule has 0 N–H and O–H groups in total. The van der Waals surface area contributed by atoms with Crippen molar-refractivity contribution in [3.05, 3.63) is 75.3 Å². The van der Waals surface area contributed by atoms with Crippen LogP contribution < -0.4 is 0 Å². The van der Waals surface area contributed by atoms with Crippen molar-refractivity contribution >= 4 is 33.1 Å². The molecule has 0 fully saturated rings. The molecule has 0 atom stereocenters. The van der Waals surface area contributed by atoms with E-state index in [1.165, 1.54) is 6.08 Å². The number of nitrogens with zero attached hydrogens (tertiary/aromatic N) is 1. The minimum Gasteiger partial charge on any atom is -0.288 e. The maximum absolute atomic E-state index is 12.9. The lowest BCUT2D eigenvalue weighted by molar-refractivity contribution is 0.104. The van der Waals surface area contributed by atoms with Gasteiger partial charge in [0.1, 0.15) is 0 Å². The van der Waals surface area contributed by atoms with Gasteiger partial charge >= 0.3 is 0 Å². The van der Waals surface area contributed by atoms with Gasteiger partial charge in [-0.25, -0.2) is 0 Å². The maximum Gasteiger partial charge on any atom is 0.283 e. The molecule has 128 valence electrons. The van der Waals surface area contributed by atoms with E-state index in [4.69, 9.17) is 11.6 Å². The fourth-order valence-corrected chi connectivity index (χ4v) is 4.76. The van der Waals surface area contributed by atoms with Gasteiger partial charge in [0.15, 0.2) is 0 Å². The molecule has 0 aromatic heterocycles. The molecular formula is C19H16ClNO3S. The average Bonchev–Trinajstić information content (AvgIpc) is 2.50. The number of carbonyl (C=O) groups excluding carboxylic acids is 1. The van der Waals surface area contributed by atoms with Crippen LogP contribution in [0.3, 0.4) is 0 Å². The van der Waals surface area contributed by atoms with E-state index in [1.807, 2.05) is 6.92 Å². The Morgan fingerprint density at radius 3 is 2.12 bits per heavy atom. The Hall–Kier alpha value is -2.24. The standard InChI is InChI=1S/C19H16ClNO3S/c1-11-8-12(2)19(13(3)9-11)25(23,24)21-17-10-16(20)18(22)15-7-5-4-6-14(15)17/h4-10H,1-3H3. The van der Waals surface area contributed by atoms with E-state index in [0.717, 1.165) is 5.56 Å². The second-order valence-corrected chi connectivity index (χ2v) is 7.99. The molecule has 0 amide bonds. The molecule has 0 unspecified atom stereocenters. The van der Waals surface area contributed by atoms with Crippen LogP contribution in [0.4, 0.5) is 0 Å². The lowest BCUT2D eigenvalue weighted by Crippen LogP contribution is -2.17. The molecule has 1 aliphatic carbocycles. The van der Waals surface area contributed by atoms with Gasteiger partial charge in [-0.3, -0.25) is 4.79 Å². The molecule has 0 bridgehead atoms. The molecule has 0 spiro atoms. The molecule has 3 rings (SSSR count). The Morgan fingerprint density at radius 1 is 0.960 bits per heavy atom. The fourth-order valence-electron chi connectivity index (χ4n) is 3.12. The zero-order chi connectivity index (χ0) is 18.4. The van der Waals surface area contributed by atoms with Crippen molar-refractivity contribution in [3.63, 3.8) is 0 Å². The fraction of sp³-hybridized carbons (Fsp3) is 0.158. The Balaban J connectivity index is 2.23. The minimum atomic E-state index is -3.95. The van der Waals surface area contributed by atoms with Crippen LogP contribution in [0.2, 0.25) is 0 Å². The quantitative estimate of drug-likeness (QED) is 0.795. The summed E-state index contributed by atoms with van der Waals surface area (Å²) in [6.45, 7) is 5.40. The number of Topliss-reactive ketones (excluding diaryl/α,β-unsaturated/α-hetero) is 1. The van der Waals surface area contributed by atoms with Gasteiger partial charge in [-0.15, -0.1) is 0 Å². The monoisotopic (exact) mass is 373 g/mol. The molecule has 0 saturated carbocycles. The molecule has 2 aromatic carbocycles. The van der Waals surface area contributed by atoms with Crippen molar-refractivity contribution in [2.24, 2.45) is 4.40 Å². The number of sulfonamides is 1. The number of allylic oxidation sites excluding steroid dienone is 2. The topological polar surface area (TPSA) is 63.6 Å². The summed E-state index contributed by atoms with van der Waals surface area (Å²) in [4.78, 5) is 12.3. The van der Waals surface area contributed by atoms with Gasteiger partial charge in [-0.1, -0.05) is 53.6 Å². The number of carbonyl (C=O) groups is 1. The van der Waals surface area contributed by atoms with Crippen LogP contribution in [0, 0.1) is 20.8 Å². The molecule has 4 nitrogen and oxygen atoms in total. The summed E-state index contributed by atoms with van der Waals surface area (Å²) in [6.07, 6.45) is 1.31. The van der Waals surface area contributed by atoms with Crippen molar-refractivity contribution in [2.45, 2.75) is 25.7 Å². The summed E-state index contributed by atoms with van der Waals surface area (Å²) >= 11 is 5.98. The van der Waals surface area contributed by atoms with Crippen molar-refractivity contribution < 1.29 is 13.2 Å². The van der Waals surface area contributed by atoms with Crippen LogP contribution in [-0.4, -0.2) is 19.9 Å². The van der Waals surface area contributed by atoms with E-state index in [1.54, 1.807) is 50.2 Å². The highest BCUT2D eigenvalue weighted by atomic mass is 35.5. The predicted octanol–water partition coefficient (Wildman–Crippen LogP) is 4.11. The number of halogens is 1. The molecule has 0 heterocycles. The largest absolute Gasteiger partial charge is 0.288 e. The first-order chi connectivity index (χ1) is 11.7. The van der Waals surface area contributed by atoms with E-state index in [2.05, 4.69) is 4.40 Å². The van der Waals surface area contributed by atoms with Crippen molar-refractivity contribution in [1.82, 2.24) is 0 Å². The SMILES string of the molecule is Cc1cc(C)c(S(=O)(=O)N=C2C=C(Cl)C(=O)c3ccccc32)c(C)c1. The number of ketones is 1. The van der Waals surface area contributed by atoms with Gasteiger partial charge in [-0.2, -0.15) is 12.8 Å². The summed E-state index contributed by atoms with van der Waals surface area (Å²) in [5.74, 6) is -0.337. The smallest absolute Gasteiger partial charge is 0.283 e. The first kappa shape index (κ1) is 17.6. The summed E-state index contributed by atoms with van der Waals surface area (Å²) in [7, 11) is -3.95. The third kappa shape index (κ3) is 3.17. The summed E-state index contributed by atoms with van der Waals surface area (Å²) < 4.78 is 29.8. The maximum atomic E-state index is 12.9. The Morgan fingerprint density at radius 2 is 1.52 bits per heavy atom. The normalized spacial score (nSPS) is 15.9. The Labute approximate surface area is 151 Å². The molecule has 0 aliphatic heterocycles. The number of hydrogen-bond acceptors (Lipinski definition) is 3. The van der Waals surface area contributed by atoms with Gasteiger partial charge in [0.2, 0.25) is 5.78 Å². The van der Waals surface area contributed by atoms with Crippen molar-refractivity contribution in [3.8, 4) is 0 Å². The molecule has 1 aliphatic rings. The van der Waals surface area contributed by atoms with Gasteiger partial charge < -0.3 is 0 Å². The number of fused-ring (bicyclic) bond motifs is 1. The van der Waals surface area contributed by atoms with Crippen LogP contribution in [0.1, 0.15) is 32.6 Å². The molecule has 25 heavy (non-hydrogen) atoms. The number of benzene rings is 2. The average molecular weight is 374 g/mol. The lowest BCUT2D eigenvalue weighted by atomic mass is 9.94. The van der Waals surface area contributed by atoms with Crippen molar-refractivity contribution in [2.75, 3.05) is 0 Å². The highest BCUT2D eigenvalue weighted by Crippen LogP contribution is 2.28. The predicted molar refractivity (Wildman–Crippen MR) is 99.1 cm³/mol. The lowest BCUT2D eigenvalue weighted by Gasteiger charge is -2.15. The number of aryl methyl sites for hydroxylation is 3. The molecule has 2 aromatic rings. The summed E-state index contributed by atoms with van der Waals surface area (Å²) in [5.41, 5.74) is 3.23. The highest BCUT2D eigenvalue weighted by Gasteiger charge is 2.26. The highest BCUT2D eigenvalue weighted by molar-refractivity contribution is 7.90. The first-order valence-corrected chi connectivity index (χ1v) is 9.46. The molecule has 0 saturated heterocycles. The van der Waals surface area contributed by atoms with Crippen molar-refractivity contribution in [1.29, 1.82) is 0 Å². The van der Waals surface area contributed by atoms with E-state index in [-0.39, 0.29) is 21.4 Å². The number of hydrogen-bond donors (Lipinski definition) is 0. The minimum absolute atomic E-state index is 0.0509. The first-order valence-electron chi connectivity index (χ1n) is 7.65. The van der Waals surface area contributed by atoms with E-state index in [9.17, 15) is 13.2 Å². The number of rotatable bonds is 2. The van der Waals surface area contributed by atoms with Crippen LogP contribution in [0.15, 0.2) is 56.8 Å². The van der Waals surface area contributed by atoms with Gasteiger partial charge in [-0.05, 0) is 38.0 Å². The van der Waals surface area contributed by atoms with Gasteiger partial charge in [0.05, 0.1) is 15.6 Å². The zero-order valence-corrected chi connectivity index (χ0v) is 15.6. The second kappa shape index (κ2) is 6.24. The molecular weight excluding hydrogens is 358 g/mol. The molecule has 0 radical (unpaired) electrons. The Bertz CT molecular complexity index is 1040. The van der Waals surface area contributed by atoms with Gasteiger partial charge in [0.25, 0.3) is 10.0 Å². The van der Waals surface area contributed by atoms with E-state index < -0.39 is 10.0 Å². The van der Waals surface area contributed by atoms with Crippen LogP contribution in [-0.2, 0) is 10.0 Å². The van der Waals surface area contributed by atoms with Gasteiger partial charge in [0, 0.05) is 11.1 Å². The zero-order valence-electron chi connectivity index (χ0n) is 14.0. The summed E-state index contributed by atoms with van der Waals surface area (Å²) in [5, 5.41) is -0.0509. The third-order valence-corrected chi connectivity index (χ3v) is 5.89.